The maximum Gasteiger partial charge on any atom is 0.305 e. The molecule has 4 aliphatic carbocycles. The number of rotatable bonds is 6. The Hall–Kier alpha value is -1.71. The van der Waals surface area contributed by atoms with Gasteiger partial charge in [-0.3, -0.25) is 14.4 Å². The molecule has 37 heavy (non-hydrogen) atoms. The summed E-state index contributed by atoms with van der Waals surface area (Å²) in [7, 11) is 0. The summed E-state index contributed by atoms with van der Waals surface area (Å²) < 4.78 is 11.0. The number of esters is 2. The lowest BCUT2D eigenvalue weighted by molar-refractivity contribution is -0.332. The average molecular weight is 525 g/mol. The third-order valence-corrected chi connectivity index (χ3v) is 11.1. The number of carbonyl (C=O) groups is 3. The van der Waals surface area contributed by atoms with Crippen molar-refractivity contribution in [2.75, 3.05) is 0 Å². The summed E-state index contributed by atoms with van der Waals surface area (Å²) in [5.41, 5.74) is -0.914. The standard InChI is InChI=1S/C28H44O9/c1-15(6-9-23(32)33)19-7-8-20-24-21(12-22(31)26(19,20)5)25(4)10-11-27(34,36-16(2)29)13-18(25)14-28(24,35)37-17(3)30/h15,18-22,24,31,34-35H,6-14H2,1-5H3,(H,32,33)/t15-,18+,19-,20+,21+,22+,24+,25+,26-,27-,28+/m1/s1. The van der Waals surface area contributed by atoms with Gasteiger partial charge in [0.2, 0.25) is 11.6 Å². The van der Waals surface area contributed by atoms with E-state index in [0.29, 0.717) is 19.3 Å². The van der Waals surface area contributed by atoms with E-state index in [9.17, 15) is 34.8 Å². The SMILES string of the molecule is CC(=O)O[C@]1(O)CC[C@@]2(C)[C@@H](C1)C[C@](O)(OC(C)=O)[C@@H]1[C@@H]2C[C@H](O)[C@]2(C)[C@@H]([C@H](C)CCC(=O)O)CC[C@@H]12. The van der Waals surface area contributed by atoms with E-state index in [0.717, 1.165) is 12.8 Å². The second-order valence-electron chi connectivity index (χ2n) is 13.0. The molecule has 4 saturated carbocycles. The molecule has 4 fully saturated rings. The normalized spacial score (nSPS) is 47.7. The highest BCUT2D eigenvalue weighted by molar-refractivity contribution is 5.67. The van der Waals surface area contributed by atoms with Crippen LogP contribution in [0.1, 0.15) is 92.4 Å². The molecule has 0 unspecified atom stereocenters. The second kappa shape index (κ2) is 9.49. The Kier molecular flexibility index (Phi) is 7.26. The van der Waals surface area contributed by atoms with Crippen LogP contribution in [0.4, 0.5) is 0 Å². The molecule has 0 heterocycles. The number of carboxylic acids is 1. The molecule has 210 valence electrons. The van der Waals surface area contributed by atoms with E-state index in [1.54, 1.807) is 0 Å². The van der Waals surface area contributed by atoms with Gasteiger partial charge < -0.3 is 29.9 Å². The summed E-state index contributed by atoms with van der Waals surface area (Å²) in [6.07, 6.45) is 2.97. The highest BCUT2D eigenvalue weighted by Crippen LogP contribution is 2.71. The van der Waals surface area contributed by atoms with Crippen molar-refractivity contribution in [1.82, 2.24) is 0 Å². The predicted octanol–water partition coefficient (Wildman–Crippen LogP) is 3.23. The van der Waals surface area contributed by atoms with Gasteiger partial charge in [-0.05, 0) is 72.5 Å². The van der Waals surface area contributed by atoms with Gasteiger partial charge in [0, 0.05) is 45.4 Å². The molecule has 11 atom stereocenters. The first-order valence-corrected chi connectivity index (χ1v) is 13.8. The van der Waals surface area contributed by atoms with Gasteiger partial charge in [0.15, 0.2) is 0 Å². The van der Waals surface area contributed by atoms with Crippen molar-refractivity contribution < 1.29 is 44.3 Å². The number of aliphatic hydroxyl groups excluding tert-OH is 1. The Bertz CT molecular complexity index is 937. The number of fused-ring (bicyclic) bond motifs is 5. The molecular formula is C28H44O9. The molecular weight excluding hydrogens is 480 g/mol. The summed E-state index contributed by atoms with van der Waals surface area (Å²) in [6.45, 7) is 8.78. The van der Waals surface area contributed by atoms with Crippen molar-refractivity contribution in [2.24, 2.45) is 46.3 Å². The second-order valence-corrected chi connectivity index (χ2v) is 13.0. The van der Waals surface area contributed by atoms with Gasteiger partial charge in [-0.25, -0.2) is 0 Å². The smallest absolute Gasteiger partial charge is 0.305 e. The number of aliphatic hydroxyl groups is 3. The lowest BCUT2D eigenvalue weighted by Gasteiger charge is -2.66. The molecule has 0 aromatic carbocycles. The Morgan fingerprint density at radius 2 is 1.62 bits per heavy atom. The van der Waals surface area contributed by atoms with E-state index in [-0.39, 0.29) is 60.7 Å². The monoisotopic (exact) mass is 524 g/mol. The molecule has 4 N–H and O–H groups in total. The molecule has 9 nitrogen and oxygen atoms in total. The number of carbonyl (C=O) groups excluding carboxylic acids is 2. The van der Waals surface area contributed by atoms with Crippen LogP contribution < -0.4 is 0 Å². The number of ether oxygens (including phenoxy) is 2. The van der Waals surface area contributed by atoms with E-state index in [4.69, 9.17) is 9.47 Å². The van der Waals surface area contributed by atoms with Crippen molar-refractivity contribution >= 4 is 17.9 Å². The average Bonchev–Trinajstić information content (AvgIpc) is 3.11. The summed E-state index contributed by atoms with van der Waals surface area (Å²) >= 11 is 0. The van der Waals surface area contributed by atoms with E-state index in [1.165, 1.54) is 13.8 Å². The van der Waals surface area contributed by atoms with Crippen molar-refractivity contribution in [3.63, 3.8) is 0 Å². The maximum absolute atomic E-state index is 12.3. The van der Waals surface area contributed by atoms with Gasteiger partial charge in [0.05, 0.1) is 6.10 Å². The van der Waals surface area contributed by atoms with Crippen LogP contribution >= 0.6 is 0 Å². The van der Waals surface area contributed by atoms with Crippen LogP contribution in [0, 0.1) is 46.3 Å². The Balaban J connectivity index is 1.71. The van der Waals surface area contributed by atoms with Crippen LogP contribution in [0.15, 0.2) is 0 Å². The Morgan fingerprint density at radius 1 is 0.973 bits per heavy atom. The number of hydrogen-bond donors (Lipinski definition) is 4. The molecule has 0 aromatic rings. The molecule has 0 aromatic heterocycles. The third-order valence-electron chi connectivity index (χ3n) is 11.1. The fourth-order valence-electron chi connectivity index (χ4n) is 9.39. The van der Waals surface area contributed by atoms with E-state index < -0.39 is 46.9 Å². The molecule has 4 aliphatic rings. The molecule has 0 spiro atoms. The highest BCUT2D eigenvalue weighted by atomic mass is 16.7. The summed E-state index contributed by atoms with van der Waals surface area (Å²) in [5, 5.41) is 44.1. The number of hydrogen-bond acceptors (Lipinski definition) is 8. The fraction of sp³-hybridized carbons (Fsp3) is 0.893. The minimum Gasteiger partial charge on any atom is -0.481 e. The highest BCUT2D eigenvalue weighted by Gasteiger charge is 2.71. The fourth-order valence-corrected chi connectivity index (χ4v) is 9.39. The quantitative estimate of drug-likeness (QED) is 0.303. The van der Waals surface area contributed by atoms with Crippen LogP contribution in [0.25, 0.3) is 0 Å². The van der Waals surface area contributed by atoms with E-state index in [1.807, 2.05) is 6.92 Å². The molecule has 0 amide bonds. The molecule has 0 radical (unpaired) electrons. The summed E-state index contributed by atoms with van der Waals surface area (Å²) in [6, 6.07) is 0. The topological polar surface area (TPSA) is 151 Å². The minimum absolute atomic E-state index is 0.0724. The van der Waals surface area contributed by atoms with Crippen LogP contribution in [-0.2, 0) is 23.9 Å². The first-order valence-electron chi connectivity index (χ1n) is 13.8. The third kappa shape index (κ3) is 4.69. The maximum atomic E-state index is 12.3. The lowest BCUT2D eigenvalue weighted by atomic mass is 9.42. The minimum atomic E-state index is -1.78. The molecule has 9 heteroatoms. The van der Waals surface area contributed by atoms with Gasteiger partial charge in [-0.1, -0.05) is 20.8 Å². The van der Waals surface area contributed by atoms with Gasteiger partial charge in [-0.2, -0.15) is 0 Å². The van der Waals surface area contributed by atoms with Crippen molar-refractivity contribution in [1.29, 1.82) is 0 Å². The Labute approximate surface area is 218 Å². The zero-order chi connectivity index (χ0) is 27.6. The lowest BCUT2D eigenvalue weighted by Crippen LogP contribution is -2.68. The van der Waals surface area contributed by atoms with Gasteiger partial charge >= 0.3 is 17.9 Å². The van der Waals surface area contributed by atoms with Gasteiger partial charge in [0.1, 0.15) is 0 Å². The van der Waals surface area contributed by atoms with Crippen molar-refractivity contribution in [3.05, 3.63) is 0 Å². The Morgan fingerprint density at radius 3 is 2.22 bits per heavy atom. The van der Waals surface area contributed by atoms with Crippen molar-refractivity contribution in [2.45, 2.75) is 110 Å². The molecule has 0 bridgehead atoms. The van der Waals surface area contributed by atoms with Crippen LogP contribution in [0.3, 0.4) is 0 Å². The first-order chi connectivity index (χ1) is 17.1. The van der Waals surface area contributed by atoms with Crippen LogP contribution in [0.5, 0.6) is 0 Å². The van der Waals surface area contributed by atoms with E-state index >= 15 is 0 Å². The van der Waals surface area contributed by atoms with Crippen molar-refractivity contribution in [3.8, 4) is 0 Å². The van der Waals surface area contributed by atoms with E-state index in [2.05, 4.69) is 13.8 Å². The largest absolute Gasteiger partial charge is 0.481 e. The first kappa shape index (κ1) is 28.3. The van der Waals surface area contributed by atoms with Crippen LogP contribution in [-0.4, -0.2) is 56.0 Å². The molecule has 0 saturated heterocycles. The summed E-state index contributed by atoms with van der Waals surface area (Å²) in [4.78, 5) is 35.1. The number of carboxylic acid groups (broad SMARTS) is 1. The summed E-state index contributed by atoms with van der Waals surface area (Å²) in [5.74, 6) is -6.23. The number of aliphatic carboxylic acids is 1. The predicted molar refractivity (Wildman–Crippen MR) is 131 cm³/mol. The van der Waals surface area contributed by atoms with Gasteiger partial charge in [0.25, 0.3) is 0 Å². The zero-order valence-electron chi connectivity index (χ0n) is 22.7. The molecule has 0 aliphatic heterocycles. The molecule has 4 rings (SSSR count). The zero-order valence-corrected chi connectivity index (χ0v) is 22.7. The van der Waals surface area contributed by atoms with Crippen LogP contribution in [0.2, 0.25) is 0 Å². The van der Waals surface area contributed by atoms with Gasteiger partial charge in [-0.15, -0.1) is 0 Å².